The Hall–Kier alpha value is -3.04. The third kappa shape index (κ3) is 5.43. The van der Waals surface area contributed by atoms with Gasteiger partial charge in [-0.05, 0) is 12.5 Å². The number of imidazole rings is 2. The topological polar surface area (TPSA) is 312 Å². The molecule has 3 aromatic rings. The van der Waals surface area contributed by atoms with E-state index in [1.54, 1.807) is 0 Å². The highest BCUT2D eigenvalue weighted by Gasteiger charge is 2.53. The van der Waals surface area contributed by atoms with Crippen molar-refractivity contribution in [2.24, 2.45) is 22.4 Å². The van der Waals surface area contributed by atoms with Crippen molar-refractivity contribution in [1.29, 1.82) is 0 Å². The Bertz CT molecular complexity index is 1750. The maximum absolute atomic E-state index is 13.4. The van der Waals surface area contributed by atoms with E-state index in [9.17, 15) is 29.1 Å². The summed E-state index contributed by atoms with van der Waals surface area (Å²) in [5.41, 5.74) is 19.0. The molecule has 6 heterocycles. The molecule has 244 valence electrons. The molecule has 21 nitrogen and oxygen atoms in total. The molecule has 3 aliphatic heterocycles. The Labute approximate surface area is 253 Å². The number of nitrogens with two attached hydrogens (primary N) is 3. The molecule has 2 saturated heterocycles. The zero-order valence-corrected chi connectivity index (χ0v) is 24.9. The molecular formula is C22H30N10O11P2. The Morgan fingerprint density at radius 1 is 1.02 bits per heavy atom. The second-order valence-corrected chi connectivity index (χ2v) is 14.1. The average Bonchev–Trinajstić information content (AvgIpc) is 3.72. The number of phosphoric acid groups is 1. The van der Waals surface area contributed by atoms with E-state index in [2.05, 4.69) is 25.3 Å². The SMILES string of the molecule is NC1=NC(N)c2ncn([C@@H]3C[C@@H]4COP(=O)(O)O[C@@H]5C(O)[C@H](n6cnc7c(N)ccnc76)O[C@@H]5OCP(=O)(O)OC3[C@H]4O)c2N1. The molecule has 0 amide bonds. The number of fused-ring (bicyclic) bond motifs is 5. The van der Waals surface area contributed by atoms with E-state index in [1.807, 2.05) is 0 Å². The highest BCUT2D eigenvalue weighted by atomic mass is 31.2. The summed E-state index contributed by atoms with van der Waals surface area (Å²) in [4.78, 5) is 38.2. The van der Waals surface area contributed by atoms with E-state index >= 15 is 0 Å². The number of hydrogen-bond acceptors (Lipinski definition) is 17. The number of anilines is 2. The summed E-state index contributed by atoms with van der Waals surface area (Å²) in [5.74, 6) is -0.563. The lowest BCUT2D eigenvalue weighted by molar-refractivity contribution is -0.166. The quantitative estimate of drug-likeness (QED) is 0.148. The zero-order chi connectivity index (χ0) is 31.8. The fourth-order valence-electron chi connectivity index (χ4n) is 5.98. The minimum absolute atomic E-state index is 0.00364. The third-order valence-electron chi connectivity index (χ3n) is 8.06. The first-order valence-corrected chi connectivity index (χ1v) is 16.9. The molecule has 4 aliphatic rings. The van der Waals surface area contributed by atoms with Crippen molar-refractivity contribution in [2.45, 2.75) is 55.6 Å². The monoisotopic (exact) mass is 672 g/mol. The van der Waals surface area contributed by atoms with Crippen LogP contribution in [0.2, 0.25) is 0 Å². The number of rotatable bonds is 2. The summed E-state index contributed by atoms with van der Waals surface area (Å²) in [6.07, 6.45) is -7.00. The van der Waals surface area contributed by atoms with Gasteiger partial charge in [0.25, 0.3) is 0 Å². The van der Waals surface area contributed by atoms with Gasteiger partial charge in [-0.1, -0.05) is 0 Å². The number of pyridine rings is 1. The van der Waals surface area contributed by atoms with Gasteiger partial charge < -0.3 is 56.6 Å². The van der Waals surface area contributed by atoms with Gasteiger partial charge in [-0.25, -0.2) is 24.5 Å². The maximum atomic E-state index is 13.4. The number of nitrogen functional groups attached to an aromatic ring is 1. The van der Waals surface area contributed by atoms with E-state index in [1.165, 1.54) is 34.1 Å². The molecule has 2 bridgehead atoms. The van der Waals surface area contributed by atoms with E-state index in [0.717, 1.165) is 0 Å². The molecule has 23 heteroatoms. The van der Waals surface area contributed by atoms with Crippen molar-refractivity contribution in [2.75, 3.05) is 24.0 Å². The Morgan fingerprint density at radius 2 is 1.80 bits per heavy atom. The second-order valence-electron chi connectivity index (χ2n) is 11.0. The molecule has 1 saturated carbocycles. The first-order valence-electron chi connectivity index (χ1n) is 13.6. The van der Waals surface area contributed by atoms with Crippen LogP contribution in [-0.4, -0.2) is 93.7 Å². The van der Waals surface area contributed by atoms with Crippen LogP contribution in [0.4, 0.5) is 11.5 Å². The maximum Gasteiger partial charge on any atom is 0.472 e. The molecule has 7 rings (SSSR count). The Kier molecular flexibility index (Phi) is 7.51. The van der Waals surface area contributed by atoms with E-state index in [0.29, 0.717) is 22.7 Å². The summed E-state index contributed by atoms with van der Waals surface area (Å²) in [6.45, 7) is -0.539. The molecule has 11 atom stereocenters. The van der Waals surface area contributed by atoms with Crippen LogP contribution in [0.3, 0.4) is 0 Å². The smallest absolute Gasteiger partial charge is 0.397 e. The highest BCUT2D eigenvalue weighted by molar-refractivity contribution is 7.52. The molecule has 0 aromatic carbocycles. The first-order chi connectivity index (χ1) is 21.3. The largest absolute Gasteiger partial charge is 0.472 e. The normalized spacial score (nSPS) is 40.5. The molecule has 11 N–H and O–H groups in total. The number of aliphatic imine (C=N–C) groups is 1. The molecule has 45 heavy (non-hydrogen) atoms. The van der Waals surface area contributed by atoms with Crippen molar-refractivity contribution in [3.63, 3.8) is 0 Å². The Morgan fingerprint density at radius 3 is 2.60 bits per heavy atom. The van der Waals surface area contributed by atoms with E-state index in [4.69, 9.17) is 40.2 Å². The molecular weight excluding hydrogens is 642 g/mol. The van der Waals surface area contributed by atoms with Crippen LogP contribution in [0.15, 0.2) is 29.9 Å². The molecule has 0 spiro atoms. The van der Waals surface area contributed by atoms with Crippen LogP contribution in [0.1, 0.15) is 30.6 Å². The number of ether oxygens (including phenoxy) is 2. The van der Waals surface area contributed by atoms with Gasteiger partial charge in [0, 0.05) is 12.1 Å². The van der Waals surface area contributed by atoms with Crippen LogP contribution in [0.25, 0.3) is 11.2 Å². The molecule has 3 fully saturated rings. The van der Waals surface area contributed by atoms with Crippen LogP contribution in [0.5, 0.6) is 0 Å². The standard InChI is InChI=1S/C22H30N10O11P2/c23-9-1-2-26-18-11(9)27-6-32(18)20-14(34)16-21(41-20)39-7-44(35,36)42-15-10(3-8(13(15)33)4-40-45(37,38)43-16)31-5-28-12-17(24)29-22(25)30-19(12)31/h1-2,5-6,8,10,13-17,20-21,33-34H,3-4,7,24H2,(H2,23,26)(H,35,36)(H,37,38)(H3,25,29,30)/t8-,10-,13+,14?,15?,16-,17?,20-,21+/m1/s1. The molecule has 0 radical (unpaired) electrons. The van der Waals surface area contributed by atoms with Crippen LogP contribution in [-0.2, 0) is 32.2 Å². The van der Waals surface area contributed by atoms with Crippen molar-refractivity contribution in [1.82, 2.24) is 24.1 Å². The van der Waals surface area contributed by atoms with Gasteiger partial charge in [-0.2, -0.15) is 0 Å². The fraction of sp³-hybridized carbons (Fsp3) is 0.545. The molecule has 3 aromatic heterocycles. The fourth-order valence-corrected chi connectivity index (χ4v) is 8.00. The van der Waals surface area contributed by atoms with Gasteiger partial charge in [0.05, 0.1) is 37.1 Å². The number of aromatic nitrogens is 5. The van der Waals surface area contributed by atoms with Gasteiger partial charge >= 0.3 is 15.4 Å². The highest BCUT2D eigenvalue weighted by Crippen LogP contribution is 2.55. The third-order valence-corrected chi connectivity index (χ3v) is 10.1. The lowest BCUT2D eigenvalue weighted by atomic mass is 10.1. The lowest BCUT2D eigenvalue weighted by Crippen LogP contribution is -2.36. The number of guanidine groups is 1. The number of aliphatic hydroxyl groups is 2. The van der Waals surface area contributed by atoms with Crippen LogP contribution >= 0.6 is 15.4 Å². The molecule has 5 unspecified atom stereocenters. The van der Waals surface area contributed by atoms with Crippen molar-refractivity contribution in [3.05, 3.63) is 30.6 Å². The van der Waals surface area contributed by atoms with Crippen molar-refractivity contribution < 1.29 is 52.2 Å². The van der Waals surface area contributed by atoms with E-state index < -0.39 is 83.4 Å². The van der Waals surface area contributed by atoms with Gasteiger partial charge in [0.1, 0.15) is 35.4 Å². The van der Waals surface area contributed by atoms with Gasteiger partial charge in [-0.3, -0.25) is 22.7 Å². The Balaban J connectivity index is 1.19. The number of aliphatic hydroxyl groups excluding tert-OH is 2. The van der Waals surface area contributed by atoms with Gasteiger partial charge in [-0.15, -0.1) is 0 Å². The number of phosphoric ester groups is 1. The lowest BCUT2D eigenvalue weighted by Gasteiger charge is -2.28. The number of nitrogens with zero attached hydrogens (tertiary/aromatic N) is 6. The summed E-state index contributed by atoms with van der Waals surface area (Å²) in [6, 6.07) is 0.672. The minimum atomic E-state index is -4.97. The van der Waals surface area contributed by atoms with Crippen molar-refractivity contribution >= 4 is 44.0 Å². The van der Waals surface area contributed by atoms with Crippen molar-refractivity contribution in [3.8, 4) is 0 Å². The van der Waals surface area contributed by atoms with Gasteiger partial charge in [0.2, 0.25) is 0 Å². The predicted octanol–water partition coefficient (Wildman–Crippen LogP) is -1.19. The summed E-state index contributed by atoms with van der Waals surface area (Å²) < 4.78 is 56.9. The first kappa shape index (κ1) is 30.6. The van der Waals surface area contributed by atoms with Crippen LogP contribution < -0.4 is 22.5 Å². The van der Waals surface area contributed by atoms with Crippen LogP contribution in [0, 0.1) is 5.92 Å². The zero-order valence-electron chi connectivity index (χ0n) is 23.1. The summed E-state index contributed by atoms with van der Waals surface area (Å²) >= 11 is 0. The number of hydrogen-bond donors (Lipinski definition) is 8. The van der Waals surface area contributed by atoms with Gasteiger partial charge in [0.15, 0.2) is 36.6 Å². The summed E-state index contributed by atoms with van der Waals surface area (Å²) in [7, 11) is -9.67. The predicted molar refractivity (Wildman–Crippen MR) is 151 cm³/mol. The minimum Gasteiger partial charge on any atom is -0.397 e. The number of nitrogens with one attached hydrogen (secondary N) is 1. The summed E-state index contributed by atoms with van der Waals surface area (Å²) in [5, 5.41) is 25.2. The molecule has 1 aliphatic carbocycles. The van der Waals surface area contributed by atoms with E-state index in [-0.39, 0.29) is 18.0 Å². The second kappa shape index (κ2) is 11.0. The average molecular weight is 672 g/mol.